The van der Waals surface area contributed by atoms with Crippen LogP contribution in [0.2, 0.25) is 0 Å². The molecule has 0 saturated heterocycles. The van der Waals surface area contributed by atoms with Crippen molar-refractivity contribution in [2.75, 3.05) is 11.9 Å². The maximum Gasteiger partial charge on any atom is 1.00 e. The predicted molar refractivity (Wildman–Crippen MR) is 224 cm³/mol. The first-order chi connectivity index (χ1) is 27.0. The molecule has 3 N–H and O–H groups in total. The molecule has 17 heteroatoms. The van der Waals surface area contributed by atoms with Gasteiger partial charge in [0.2, 0.25) is 5.90 Å². The molecule has 58 heavy (non-hydrogen) atoms. The Morgan fingerprint density at radius 2 is 1.43 bits per heavy atom. The van der Waals surface area contributed by atoms with Gasteiger partial charge in [-0.3, -0.25) is 4.79 Å². The third kappa shape index (κ3) is 14.3. The summed E-state index contributed by atoms with van der Waals surface area (Å²) in [7, 11) is 0. The molecule has 0 radical (unpaired) electrons. The molecule has 0 aliphatic carbocycles. The number of benzene rings is 5. The molecule has 7 rings (SSSR count). The van der Waals surface area contributed by atoms with Crippen molar-refractivity contribution in [3.05, 3.63) is 170 Å². The number of halogens is 7. The van der Waals surface area contributed by atoms with Crippen LogP contribution >= 0.6 is 62.7 Å². The number of ether oxygens (including phenoxy) is 1. The van der Waals surface area contributed by atoms with Gasteiger partial charge in [0.15, 0.2) is 3.95 Å². The molecule has 0 bridgehead atoms. The number of carbonyl (C=O) groups is 1. The van der Waals surface area contributed by atoms with Crippen LogP contribution in [0.4, 0.5) is 17.6 Å². The van der Waals surface area contributed by atoms with Crippen LogP contribution in [-0.2, 0) is 16.5 Å². The second-order valence-electron chi connectivity index (χ2n) is 11.6. The fourth-order valence-electron chi connectivity index (χ4n) is 5.10. The van der Waals surface area contributed by atoms with Crippen LogP contribution in [0.25, 0.3) is 10.2 Å². The summed E-state index contributed by atoms with van der Waals surface area (Å²) in [6.45, 7) is 1.70. The van der Waals surface area contributed by atoms with Crippen molar-refractivity contribution in [1.82, 2.24) is 10.3 Å². The first-order valence-electron chi connectivity index (χ1n) is 16.7. The molecule has 5 aromatic carbocycles. The van der Waals surface area contributed by atoms with E-state index in [4.69, 9.17) is 45.4 Å². The number of aliphatic imine (C=N–C) groups is 1. The molecule has 2 unspecified atom stereocenters. The molecule has 2 heterocycles. The number of rotatable bonds is 8. The summed E-state index contributed by atoms with van der Waals surface area (Å²) >= 11 is 21.4. The number of amides is 1. The summed E-state index contributed by atoms with van der Waals surface area (Å²) in [4.78, 5) is 19.5. The second kappa shape index (κ2) is 25.8. The molecule has 1 aliphatic heterocycles. The van der Waals surface area contributed by atoms with Gasteiger partial charge in [0.1, 0.15) is 47.0 Å². The fraction of sp³-hybridized carbons (Fsp3) is 0.171. The number of para-hydroxylation sites is 1. The Morgan fingerprint density at radius 3 is 1.95 bits per heavy atom. The van der Waals surface area contributed by atoms with Crippen LogP contribution in [0.3, 0.4) is 0 Å². The van der Waals surface area contributed by atoms with E-state index in [0.717, 1.165) is 43.9 Å². The molecular formula is C41H34BrCl2F4N4NaO3S2. The molecule has 0 fully saturated rings. The minimum Gasteiger partial charge on any atom is -0.870 e. The Bertz CT molecular complexity index is 2290. The predicted octanol–water partition coefficient (Wildman–Crippen LogP) is 9.11. The molecule has 1 amide bonds. The summed E-state index contributed by atoms with van der Waals surface area (Å²) in [5.41, 5.74) is 4.04. The summed E-state index contributed by atoms with van der Waals surface area (Å²) in [5.74, 6) is -3.06. The van der Waals surface area contributed by atoms with Crippen molar-refractivity contribution in [3.8, 4) is 6.07 Å². The summed E-state index contributed by atoms with van der Waals surface area (Å²) in [6, 6.07) is 31.1. The number of nitrogens with zero attached hydrogens (tertiary/aromatic N) is 2. The van der Waals surface area contributed by atoms with Gasteiger partial charge in [-0.05, 0) is 70.9 Å². The van der Waals surface area contributed by atoms with Gasteiger partial charge in [-0.1, -0.05) is 88.7 Å². The standard InChI is InChI=1S/C16H13BrClF2NO.C16H12ClF2NO.C7H5NS2.C2H3N.Na.H2O/c17-8-14(11-6-4-10(9-18)5-7-11)21-16(22)15-12(19)2-1-3-13(15)20;17-8-10-4-6-11(7-5-10)14-9-21-16(20-14)15-12(18)2-1-3-13(15)19;9-7-8-5-3-1-2-4-6(5)10-7;1-2-3;;/h1-7,14H,8-9H2,(H,21,22);1-7,14H,8-9H2;1-4H,(H,8,9);1H3;;1H2/q;;;;+1;/p-1. The quantitative estimate of drug-likeness (QED) is 0.0683. The van der Waals surface area contributed by atoms with E-state index >= 15 is 0 Å². The number of alkyl halides is 3. The maximum absolute atomic E-state index is 13.7. The number of nitriles is 1. The number of thiazole rings is 1. The fourth-order valence-corrected chi connectivity index (χ4v) is 7.11. The third-order valence-corrected chi connectivity index (χ3v) is 10.3. The van der Waals surface area contributed by atoms with Crippen LogP contribution < -0.4 is 34.9 Å². The average Bonchev–Trinajstić information content (AvgIpc) is 3.84. The Kier molecular flexibility index (Phi) is 22.5. The minimum atomic E-state index is -0.886. The van der Waals surface area contributed by atoms with Gasteiger partial charge in [-0.2, -0.15) is 5.26 Å². The van der Waals surface area contributed by atoms with Crippen molar-refractivity contribution in [2.24, 2.45) is 4.99 Å². The SMILES string of the molecule is CC#N.Fc1cccc(F)c1C1=NC(c2ccc(CCl)cc2)CO1.O=C(NC(CBr)c1ccc(CCl)cc1)c1c(F)cccc1F.S=c1[nH]c2ccccc2s1.[Na+].[OH-]. The van der Waals surface area contributed by atoms with E-state index in [2.05, 4.69) is 37.3 Å². The van der Waals surface area contributed by atoms with E-state index < -0.39 is 40.8 Å². The Balaban J connectivity index is 0.000000300. The van der Waals surface area contributed by atoms with Crippen LogP contribution in [0.1, 0.15) is 57.2 Å². The van der Waals surface area contributed by atoms with Gasteiger partial charge in [0.05, 0.1) is 22.3 Å². The van der Waals surface area contributed by atoms with E-state index in [9.17, 15) is 22.4 Å². The van der Waals surface area contributed by atoms with E-state index in [1.165, 1.54) is 35.9 Å². The number of aromatic amines is 1. The van der Waals surface area contributed by atoms with Gasteiger partial charge < -0.3 is 20.5 Å². The number of hydrogen-bond acceptors (Lipinski definition) is 7. The van der Waals surface area contributed by atoms with Crippen molar-refractivity contribution < 1.29 is 62.1 Å². The maximum atomic E-state index is 13.7. The zero-order valence-corrected chi connectivity index (χ0v) is 37.7. The number of aromatic nitrogens is 1. The van der Waals surface area contributed by atoms with E-state index in [1.807, 2.05) is 66.7 Å². The van der Waals surface area contributed by atoms with Crippen LogP contribution in [0.5, 0.6) is 0 Å². The van der Waals surface area contributed by atoms with Gasteiger partial charge >= 0.3 is 29.6 Å². The Labute approximate surface area is 382 Å². The Morgan fingerprint density at radius 1 is 0.914 bits per heavy atom. The monoisotopic (exact) mass is 942 g/mol. The summed E-state index contributed by atoms with van der Waals surface area (Å²) < 4.78 is 62.1. The van der Waals surface area contributed by atoms with Crippen LogP contribution in [0, 0.1) is 38.6 Å². The summed E-state index contributed by atoms with van der Waals surface area (Å²) in [6.07, 6.45) is 0. The number of carbonyl (C=O) groups excluding carboxylic acids is 1. The average molecular weight is 945 g/mol. The van der Waals surface area contributed by atoms with Gasteiger partial charge in [-0.25, -0.2) is 22.6 Å². The Hall–Kier alpha value is -3.62. The van der Waals surface area contributed by atoms with Gasteiger partial charge in [-0.15, -0.1) is 34.5 Å². The third-order valence-electron chi connectivity index (χ3n) is 7.86. The number of H-pyrrole nitrogens is 1. The number of hydrogen-bond donors (Lipinski definition) is 2. The molecular weight excluding hydrogens is 910 g/mol. The van der Waals surface area contributed by atoms with Gasteiger partial charge in [0.25, 0.3) is 5.91 Å². The van der Waals surface area contributed by atoms with Crippen molar-refractivity contribution in [3.63, 3.8) is 0 Å². The van der Waals surface area contributed by atoms with Gasteiger partial charge in [0, 0.05) is 24.0 Å². The summed E-state index contributed by atoms with van der Waals surface area (Å²) in [5, 5.41) is 10.4. The molecule has 1 aromatic heterocycles. The van der Waals surface area contributed by atoms with Crippen LogP contribution in [-0.4, -0.2) is 34.2 Å². The molecule has 6 aromatic rings. The number of fused-ring (bicyclic) bond motifs is 1. The molecule has 2 atom stereocenters. The normalized spacial score (nSPS) is 12.8. The smallest absolute Gasteiger partial charge is 0.870 e. The number of nitrogens with one attached hydrogen (secondary N) is 2. The van der Waals surface area contributed by atoms with E-state index in [1.54, 1.807) is 17.4 Å². The first kappa shape index (κ1) is 50.5. The first-order valence-corrected chi connectivity index (χ1v) is 20.1. The van der Waals surface area contributed by atoms with Crippen molar-refractivity contribution in [2.45, 2.75) is 30.8 Å². The van der Waals surface area contributed by atoms with E-state index in [-0.39, 0.29) is 59.1 Å². The minimum absolute atomic E-state index is 0. The van der Waals surface area contributed by atoms with Crippen LogP contribution in [0.15, 0.2) is 114 Å². The molecule has 0 spiro atoms. The second-order valence-corrected chi connectivity index (χ2v) is 14.5. The molecule has 298 valence electrons. The molecule has 7 nitrogen and oxygen atoms in total. The van der Waals surface area contributed by atoms with Crippen molar-refractivity contribution >= 4 is 84.7 Å². The van der Waals surface area contributed by atoms with Crippen molar-refractivity contribution in [1.29, 1.82) is 5.26 Å². The zero-order valence-electron chi connectivity index (χ0n) is 31.0. The molecule has 0 saturated carbocycles. The zero-order chi connectivity index (χ0) is 40.6. The molecule has 1 aliphatic rings. The largest absolute Gasteiger partial charge is 1.00 e. The topological polar surface area (TPSA) is 120 Å². The van der Waals surface area contributed by atoms with E-state index in [0.29, 0.717) is 17.1 Å².